The van der Waals surface area contributed by atoms with Gasteiger partial charge in [-0.2, -0.15) is 0 Å². The van der Waals surface area contributed by atoms with E-state index in [1.807, 2.05) is 18.2 Å². The second-order valence-electron chi connectivity index (χ2n) is 7.10. The number of hydrogen-bond acceptors (Lipinski definition) is 2. The van der Waals surface area contributed by atoms with Gasteiger partial charge < -0.3 is 0 Å². The van der Waals surface area contributed by atoms with Crippen LogP contribution in [0.15, 0.2) is 18.2 Å². The van der Waals surface area contributed by atoms with Crippen molar-refractivity contribution in [1.29, 1.82) is 0 Å². The molecule has 0 aromatic heterocycles. The number of carbonyl (C=O) groups excluding carboxylic acids is 2. The largest absolute Gasteiger partial charge is 0.294 e. The Bertz CT molecular complexity index is 616. The molecule has 0 heterocycles. The second-order valence-corrected chi connectivity index (χ2v) is 7.10. The van der Waals surface area contributed by atoms with Crippen LogP contribution in [0.4, 0.5) is 0 Å². The fraction of sp³-hybridized carbons (Fsp3) is 0.579. The second kappa shape index (κ2) is 4.79. The summed E-state index contributed by atoms with van der Waals surface area (Å²) in [5, 5.41) is 0. The van der Waals surface area contributed by atoms with Crippen LogP contribution in [0.3, 0.4) is 0 Å². The first-order chi connectivity index (χ1) is 10.2. The minimum Gasteiger partial charge on any atom is -0.294 e. The van der Waals surface area contributed by atoms with Crippen molar-refractivity contribution in [3.63, 3.8) is 0 Å². The molecule has 21 heavy (non-hydrogen) atoms. The average molecular weight is 282 g/mol. The molecule has 0 radical (unpaired) electrons. The van der Waals surface area contributed by atoms with Crippen molar-refractivity contribution in [3.05, 3.63) is 34.9 Å². The first-order valence-electron chi connectivity index (χ1n) is 8.42. The molecule has 0 N–H and O–H groups in total. The van der Waals surface area contributed by atoms with Gasteiger partial charge in [0.05, 0.1) is 0 Å². The molecule has 4 rings (SSSR count). The molecule has 4 unspecified atom stereocenters. The Hall–Kier alpha value is -1.44. The molecule has 2 heteroatoms. The van der Waals surface area contributed by atoms with Gasteiger partial charge in [-0.25, -0.2) is 0 Å². The lowest BCUT2D eigenvalue weighted by Gasteiger charge is -2.33. The number of rotatable bonds is 3. The van der Waals surface area contributed by atoms with Gasteiger partial charge in [-0.1, -0.05) is 25.5 Å². The summed E-state index contributed by atoms with van der Waals surface area (Å²) in [6, 6.07) is 5.98. The lowest BCUT2D eigenvalue weighted by atomic mass is 9.67. The van der Waals surface area contributed by atoms with Gasteiger partial charge in [0, 0.05) is 23.0 Å². The molecule has 4 atom stereocenters. The smallest absolute Gasteiger partial charge is 0.167 e. The third kappa shape index (κ3) is 1.84. The monoisotopic (exact) mass is 282 g/mol. The topological polar surface area (TPSA) is 34.1 Å². The first-order valence-corrected chi connectivity index (χ1v) is 8.42. The number of hydrogen-bond donors (Lipinski definition) is 0. The van der Waals surface area contributed by atoms with Crippen LogP contribution in [0.5, 0.6) is 0 Å². The van der Waals surface area contributed by atoms with Crippen LogP contribution < -0.4 is 0 Å². The van der Waals surface area contributed by atoms with Crippen LogP contribution in [0.1, 0.15) is 65.3 Å². The van der Waals surface area contributed by atoms with Crippen LogP contribution >= 0.6 is 0 Å². The summed E-state index contributed by atoms with van der Waals surface area (Å²) in [6.07, 6.45) is 6.69. The van der Waals surface area contributed by atoms with Crippen LogP contribution in [-0.4, -0.2) is 11.6 Å². The molecule has 0 saturated heterocycles. The van der Waals surface area contributed by atoms with E-state index in [2.05, 4.69) is 6.92 Å². The summed E-state index contributed by atoms with van der Waals surface area (Å²) in [6.45, 7) is 2.17. The van der Waals surface area contributed by atoms with Crippen LogP contribution in [0.25, 0.3) is 0 Å². The highest BCUT2D eigenvalue weighted by molar-refractivity contribution is 6.16. The number of Topliss-reactive ketones (excluding diaryl/α,β-unsaturated/α-hetero) is 2. The van der Waals surface area contributed by atoms with E-state index in [0.29, 0.717) is 17.4 Å². The standard InChI is InChI=1S/C19H22O2/c1-2-3-4-11-5-8-14-15(9-11)19(21)17-13-7-6-12(10-13)16(17)18(14)20/h5,8-9,12-13,16-17H,2-4,6-7,10H2,1H3. The molecular weight excluding hydrogens is 260 g/mol. The molecule has 3 aliphatic carbocycles. The van der Waals surface area contributed by atoms with Crippen molar-refractivity contribution in [1.82, 2.24) is 0 Å². The summed E-state index contributed by atoms with van der Waals surface area (Å²) in [7, 11) is 0. The Balaban J connectivity index is 1.74. The van der Waals surface area contributed by atoms with Crippen molar-refractivity contribution in [2.24, 2.45) is 23.7 Å². The summed E-state index contributed by atoms with van der Waals surface area (Å²) < 4.78 is 0. The normalized spacial score (nSPS) is 33.2. The Morgan fingerprint density at radius 2 is 1.67 bits per heavy atom. The fourth-order valence-corrected chi connectivity index (χ4v) is 4.95. The molecule has 1 aromatic rings. The Kier molecular flexibility index (Phi) is 3.02. The highest BCUT2D eigenvalue weighted by atomic mass is 16.1. The number of unbranched alkanes of at least 4 members (excludes halogenated alkanes) is 1. The maximum absolute atomic E-state index is 12.9. The van der Waals surface area contributed by atoms with Crippen molar-refractivity contribution < 1.29 is 9.59 Å². The molecule has 0 aliphatic heterocycles. The molecule has 3 aliphatic rings. The molecular formula is C19H22O2. The van der Waals surface area contributed by atoms with Crippen LogP contribution in [0.2, 0.25) is 0 Å². The lowest BCUT2D eigenvalue weighted by molar-refractivity contribution is 0.0661. The van der Waals surface area contributed by atoms with Crippen molar-refractivity contribution in [2.75, 3.05) is 0 Å². The first kappa shape index (κ1) is 13.2. The summed E-state index contributed by atoms with van der Waals surface area (Å²) in [4.78, 5) is 25.7. The van der Waals surface area contributed by atoms with Gasteiger partial charge in [-0.05, 0) is 55.6 Å². The third-order valence-electron chi connectivity index (χ3n) is 5.96. The highest BCUT2D eigenvalue weighted by Gasteiger charge is 2.56. The molecule has 2 nitrogen and oxygen atoms in total. The predicted molar refractivity (Wildman–Crippen MR) is 81.5 cm³/mol. The van der Waals surface area contributed by atoms with Gasteiger partial charge in [0.2, 0.25) is 0 Å². The molecule has 0 spiro atoms. The molecule has 2 fully saturated rings. The van der Waals surface area contributed by atoms with Gasteiger partial charge in [-0.3, -0.25) is 9.59 Å². The zero-order chi connectivity index (χ0) is 14.6. The molecule has 2 bridgehead atoms. The van der Waals surface area contributed by atoms with Gasteiger partial charge in [0.15, 0.2) is 11.6 Å². The Morgan fingerprint density at radius 1 is 1.00 bits per heavy atom. The number of benzene rings is 1. The number of aryl methyl sites for hydroxylation is 1. The minimum atomic E-state index is 0.00479. The van der Waals surface area contributed by atoms with E-state index in [-0.39, 0.29) is 23.4 Å². The summed E-state index contributed by atoms with van der Waals surface area (Å²) in [5.41, 5.74) is 2.63. The molecule has 110 valence electrons. The summed E-state index contributed by atoms with van der Waals surface area (Å²) in [5.74, 6) is 1.48. The highest BCUT2D eigenvalue weighted by Crippen LogP contribution is 2.56. The number of ketones is 2. The quantitative estimate of drug-likeness (QED) is 0.837. The van der Waals surface area contributed by atoms with Gasteiger partial charge in [-0.15, -0.1) is 0 Å². The SMILES string of the molecule is CCCCc1ccc2c(c1)C(=O)C1C3CCC(C3)C1C2=O. The molecule has 2 saturated carbocycles. The zero-order valence-electron chi connectivity index (χ0n) is 12.6. The van der Waals surface area contributed by atoms with E-state index < -0.39 is 0 Å². The van der Waals surface area contributed by atoms with E-state index in [4.69, 9.17) is 0 Å². The van der Waals surface area contributed by atoms with E-state index in [1.54, 1.807) is 0 Å². The van der Waals surface area contributed by atoms with Crippen molar-refractivity contribution in [3.8, 4) is 0 Å². The van der Waals surface area contributed by atoms with Crippen molar-refractivity contribution >= 4 is 11.6 Å². The van der Waals surface area contributed by atoms with Crippen LogP contribution in [0, 0.1) is 23.7 Å². The predicted octanol–water partition coefficient (Wildman–Crippen LogP) is 4.07. The van der Waals surface area contributed by atoms with E-state index in [1.165, 1.54) is 5.56 Å². The maximum atomic E-state index is 12.9. The van der Waals surface area contributed by atoms with E-state index in [9.17, 15) is 9.59 Å². The average Bonchev–Trinajstić information content (AvgIpc) is 3.11. The van der Waals surface area contributed by atoms with Crippen molar-refractivity contribution in [2.45, 2.75) is 45.4 Å². The molecule has 1 aromatic carbocycles. The lowest BCUT2D eigenvalue weighted by Crippen LogP contribution is -2.40. The number of fused-ring (bicyclic) bond motifs is 6. The van der Waals surface area contributed by atoms with E-state index in [0.717, 1.165) is 44.1 Å². The Morgan fingerprint density at radius 3 is 2.33 bits per heavy atom. The van der Waals surface area contributed by atoms with E-state index >= 15 is 0 Å². The molecule has 0 amide bonds. The zero-order valence-corrected chi connectivity index (χ0v) is 12.6. The van der Waals surface area contributed by atoms with Crippen LogP contribution in [-0.2, 0) is 6.42 Å². The summed E-state index contributed by atoms with van der Waals surface area (Å²) >= 11 is 0. The number of carbonyl (C=O) groups is 2. The van der Waals surface area contributed by atoms with Gasteiger partial charge in [0.1, 0.15) is 0 Å². The minimum absolute atomic E-state index is 0.00479. The fourth-order valence-electron chi connectivity index (χ4n) is 4.95. The van der Waals surface area contributed by atoms with Gasteiger partial charge >= 0.3 is 0 Å². The maximum Gasteiger partial charge on any atom is 0.167 e. The van der Waals surface area contributed by atoms with Gasteiger partial charge in [0.25, 0.3) is 0 Å². The third-order valence-corrected chi connectivity index (χ3v) is 5.96. The Labute approximate surface area is 125 Å².